The van der Waals surface area contributed by atoms with Crippen LogP contribution in [0.4, 0.5) is 0 Å². The fraction of sp³-hybridized carbons (Fsp3) is 0.263. The summed E-state index contributed by atoms with van der Waals surface area (Å²) in [5.74, 6) is 0.696. The SMILES string of the molecule is COc1ccccc1C(O)C(=CCN(C)C)c1ccccc1. The summed E-state index contributed by atoms with van der Waals surface area (Å²) < 4.78 is 5.38. The Bertz CT molecular complexity index is 620. The van der Waals surface area contributed by atoms with Crippen molar-refractivity contribution in [2.75, 3.05) is 27.7 Å². The molecule has 0 bridgehead atoms. The molecule has 0 aliphatic heterocycles. The third-order valence-electron chi connectivity index (χ3n) is 3.51. The van der Waals surface area contributed by atoms with E-state index in [0.29, 0.717) is 5.75 Å². The summed E-state index contributed by atoms with van der Waals surface area (Å²) in [6, 6.07) is 17.5. The summed E-state index contributed by atoms with van der Waals surface area (Å²) in [5.41, 5.74) is 2.68. The molecule has 1 unspecified atom stereocenters. The van der Waals surface area contributed by atoms with Crippen molar-refractivity contribution in [1.29, 1.82) is 0 Å². The molecule has 2 aromatic carbocycles. The highest BCUT2D eigenvalue weighted by molar-refractivity contribution is 5.71. The Morgan fingerprint density at radius 2 is 1.73 bits per heavy atom. The first-order chi connectivity index (χ1) is 10.6. The minimum absolute atomic E-state index is 0.696. The molecule has 0 spiro atoms. The second-order valence-electron chi connectivity index (χ2n) is 5.43. The van der Waals surface area contributed by atoms with E-state index in [-0.39, 0.29) is 0 Å². The average Bonchev–Trinajstić information content (AvgIpc) is 2.55. The quantitative estimate of drug-likeness (QED) is 0.887. The minimum atomic E-state index is -0.724. The van der Waals surface area contributed by atoms with Gasteiger partial charge in [0, 0.05) is 12.1 Å². The second-order valence-corrected chi connectivity index (χ2v) is 5.43. The number of likely N-dealkylation sites (N-methyl/N-ethyl adjacent to an activating group) is 1. The molecule has 0 aliphatic rings. The van der Waals surface area contributed by atoms with Crippen LogP contribution < -0.4 is 4.74 Å². The molecule has 3 nitrogen and oxygen atoms in total. The lowest BCUT2D eigenvalue weighted by molar-refractivity contribution is 0.231. The van der Waals surface area contributed by atoms with Crippen LogP contribution in [-0.2, 0) is 0 Å². The molecule has 0 saturated carbocycles. The van der Waals surface area contributed by atoms with E-state index in [4.69, 9.17) is 4.74 Å². The molecular weight excluding hydrogens is 274 g/mol. The first kappa shape index (κ1) is 16.3. The number of hydrogen-bond acceptors (Lipinski definition) is 3. The highest BCUT2D eigenvalue weighted by atomic mass is 16.5. The van der Waals surface area contributed by atoms with E-state index in [0.717, 1.165) is 23.2 Å². The molecule has 2 aromatic rings. The zero-order valence-corrected chi connectivity index (χ0v) is 13.4. The Hall–Kier alpha value is -2.10. The van der Waals surface area contributed by atoms with Crippen LogP contribution in [0, 0.1) is 0 Å². The number of benzene rings is 2. The van der Waals surface area contributed by atoms with Gasteiger partial charge in [-0.2, -0.15) is 0 Å². The predicted octanol–water partition coefficient (Wildman–Crippen LogP) is 3.37. The molecule has 0 radical (unpaired) electrons. The van der Waals surface area contributed by atoms with Gasteiger partial charge in [-0.3, -0.25) is 0 Å². The largest absolute Gasteiger partial charge is 0.496 e. The molecule has 0 aliphatic carbocycles. The van der Waals surface area contributed by atoms with Crippen molar-refractivity contribution < 1.29 is 9.84 Å². The van der Waals surface area contributed by atoms with E-state index in [1.165, 1.54) is 0 Å². The molecule has 2 rings (SSSR count). The zero-order chi connectivity index (χ0) is 15.9. The van der Waals surface area contributed by atoms with Crippen LogP contribution in [-0.4, -0.2) is 37.8 Å². The molecule has 3 heteroatoms. The molecule has 0 heterocycles. The van der Waals surface area contributed by atoms with Gasteiger partial charge in [-0.1, -0.05) is 54.6 Å². The Labute approximate surface area is 132 Å². The summed E-state index contributed by atoms with van der Waals surface area (Å²) in [7, 11) is 5.64. The van der Waals surface area contributed by atoms with Crippen molar-refractivity contribution in [1.82, 2.24) is 4.90 Å². The van der Waals surface area contributed by atoms with Gasteiger partial charge in [0.1, 0.15) is 11.9 Å². The van der Waals surface area contributed by atoms with Crippen molar-refractivity contribution in [3.63, 3.8) is 0 Å². The van der Waals surface area contributed by atoms with Gasteiger partial charge in [0.15, 0.2) is 0 Å². The van der Waals surface area contributed by atoms with Gasteiger partial charge in [-0.05, 0) is 31.3 Å². The first-order valence-electron chi connectivity index (χ1n) is 7.34. The molecule has 0 saturated heterocycles. The molecule has 116 valence electrons. The highest BCUT2D eigenvalue weighted by Gasteiger charge is 2.18. The number of aliphatic hydroxyl groups excluding tert-OH is 1. The van der Waals surface area contributed by atoms with Gasteiger partial charge < -0.3 is 14.7 Å². The van der Waals surface area contributed by atoms with E-state index < -0.39 is 6.10 Å². The number of methoxy groups -OCH3 is 1. The highest BCUT2D eigenvalue weighted by Crippen LogP contribution is 2.34. The van der Waals surface area contributed by atoms with E-state index in [1.54, 1.807) is 7.11 Å². The number of rotatable bonds is 6. The van der Waals surface area contributed by atoms with Crippen molar-refractivity contribution in [3.8, 4) is 5.75 Å². The molecule has 1 N–H and O–H groups in total. The normalized spacial score (nSPS) is 13.2. The van der Waals surface area contributed by atoms with Gasteiger partial charge in [0.05, 0.1) is 7.11 Å². The van der Waals surface area contributed by atoms with Gasteiger partial charge in [-0.15, -0.1) is 0 Å². The van der Waals surface area contributed by atoms with Crippen LogP contribution in [0.1, 0.15) is 17.2 Å². The topological polar surface area (TPSA) is 32.7 Å². The summed E-state index contributed by atoms with van der Waals surface area (Å²) >= 11 is 0. The lowest BCUT2D eigenvalue weighted by Crippen LogP contribution is -2.12. The molecule has 0 aromatic heterocycles. The van der Waals surface area contributed by atoms with Gasteiger partial charge >= 0.3 is 0 Å². The Balaban J connectivity index is 2.42. The van der Waals surface area contributed by atoms with Crippen LogP contribution in [0.5, 0.6) is 5.75 Å². The van der Waals surface area contributed by atoms with Crippen LogP contribution in [0.15, 0.2) is 60.7 Å². The van der Waals surface area contributed by atoms with E-state index in [1.807, 2.05) is 68.7 Å². The fourth-order valence-corrected chi connectivity index (χ4v) is 2.36. The number of ether oxygens (including phenoxy) is 1. The molecular formula is C19H23NO2. The monoisotopic (exact) mass is 297 g/mol. The van der Waals surface area contributed by atoms with Crippen LogP contribution >= 0.6 is 0 Å². The lowest BCUT2D eigenvalue weighted by Gasteiger charge is -2.19. The van der Waals surface area contributed by atoms with E-state index >= 15 is 0 Å². The molecule has 22 heavy (non-hydrogen) atoms. The van der Waals surface area contributed by atoms with E-state index in [9.17, 15) is 5.11 Å². The first-order valence-corrected chi connectivity index (χ1v) is 7.34. The maximum absolute atomic E-state index is 10.9. The van der Waals surface area contributed by atoms with Gasteiger partial charge in [0.25, 0.3) is 0 Å². The number of nitrogens with zero attached hydrogens (tertiary/aromatic N) is 1. The molecule has 0 amide bonds. The fourth-order valence-electron chi connectivity index (χ4n) is 2.36. The van der Waals surface area contributed by atoms with Crippen LogP contribution in [0.25, 0.3) is 5.57 Å². The number of para-hydroxylation sites is 1. The lowest BCUT2D eigenvalue weighted by atomic mass is 9.94. The summed E-state index contributed by atoms with van der Waals surface area (Å²) in [5, 5.41) is 10.9. The van der Waals surface area contributed by atoms with Crippen molar-refractivity contribution >= 4 is 5.57 Å². The minimum Gasteiger partial charge on any atom is -0.496 e. The van der Waals surface area contributed by atoms with Crippen molar-refractivity contribution in [2.45, 2.75) is 6.10 Å². The van der Waals surface area contributed by atoms with Gasteiger partial charge in [0.2, 0.25) is 0 Å². The Morgan fingerprint density at radius 1 is 1.09 bits per heavy atom. The van der Waals surface area contributed by atoms with Crippen molar-refractivity contribution in [2.24, 2.45) is 0 Å². The number of hydrogen-bond donors (Lipinski definition) is 1. The maximum atomic E-state index is 10.9. The zero-order valence-electron chi connectivity index (χ0n) is 13.4. The number of aliphatic hydroxyl groups is 1. The maximum Gasteiger partial charge on any atom is 0.125 e. The summed E-state index contributed by atoms with van der Waals surface area (Å²) in [6.45, 7) is 0.760. The average molecular weight is 297 g/mol. The van der Waals surface area contributed by atoms with Crippen molar-refractivity contribution in [3.05, 3.63) is 71.8 Å². The standard InChI is InChI=1S/C19H23NO2/c1-20(2)14-13-16(15-9-5-4-6-10-15)19(21)17-11-7-8-12-18(17)22-3/h4-13,19,21H,14H2,1-3H3. The summed E-state index contributed by atoms with van der Waals surface area (Å²) in [6.07, 6.45) is 1.34. The Morgan fingerprint density at radius 3 is 2.36 bits per heavy atom. The Kier molecular flexibility index (Phi) is 5.75. The second kappa shape index (κ2) is 7.78. The third kappa shape index (κ3) is 3.97. The molecule has 1 atom stereocenters. The third-order valence-corrected chi connectivity index (χ3v) is 3.51. The predicted molar refractivity (Wildman–Crippen MR) is 90.9 cm³/mol. The molecule has 0 fully saturated rings. The van der Waals surface area contributed by atoms with Crippen LogP contribution in [0.2, 0.25) is 0 Å². The van der Waals surface area contributed by atoms with E-state index in [2.05, 4.69) is 11.0 Å². The van der Waals surface area contributed by atoms with Crippen LogP contribution in [0.3, 0.4) is 0 Å². The van der Waals surface area contributed by atoms with Gasteiger partial charge in [-0.25, -0.2) is 0 Å². The summed E-state index contributed by atoms with van der Waals surface area (Å²) in [4.78, 5) is 2.07. The smallest absolute Gasteiger partial charge is 0.125 e.